The second-order valence-corrected chi connectivity index (χ2v) is 10.1. The Hall–Kier alpha value is -3.23. The van der Waals surface area contributed by atoms with Gasteiger partial charge in [-0.2, -0.15) is 9.78 Å². The van der Waals surface area contributed by atoms with E-state index in [1.54, 1.807) is 12.3 Å². The maximum absolute atomic E-state index is 13.2. The first kappa shape index (κ1) is 26.8. The molecule has 8 heteroatoms. The quantitative estimate of drug-likeness (QED) is 0.140. The van der Waals surface area contributed by atoms with Crippen molar-refractivity contribution < 1.29 is 9.47 Å². The predicted octanol–water partition coefficient (Wildman–Crippen LogP) is 7.07. The van der Waals surface area contributed by atoms with Gasteiger partial charge in [0.1, 0.15) is 12.4 Å². The highest BCUT2D eigenvalue weighted by atomic mass is 79.9. The van der Waals surface area contributed by atoms with E-state index in [4.69, 9.17) is 9.47 Å². The van der Waals surface area contributed by atoms with Crippen molar-refractivity contribution in [2.24, 2.45) is 5.10 Å². The van der Waals surface area contributed by atoms with Crippen molar-refractivity contribution in [2.75, 3.05) is 6.61 Å². The lowest BCUT2D eigenvalue weighted by Crippen LogP contribution is -2.22. The summed E-state index contributed by atoms with van der Waals surface area (Å²) in [7, 11) is 0. The molecule has 0 aliphatic rings. The number of aromatic nitrogens is 2. The maximum atomic E-state index is 13.2. The van der Waals surface area contributed by atoms with Crippen molar-refractivity contribution >= 4 is 49.0 Å². The van der Waals surface area contributed by atoms with Crippen LogP contribution >= 0.6 is 31.9 Å². The molecule has 0 amide bonds. The highest BCUT2D eigenvalue weighted by molar-refractivity contribution is 9.10. The van der Waals surface area contributed by atoms with Gasteiger partial charge in [-0.05, 0) is 66.9 Å². The van der Waals surface area contributed by atoms with Gasteiger partial charge in [-0.15, -0.1) is 6.58 Å². The molecule has 4 rings (SSSR count). The summed E-state index contributed by atoms with van der Waals surface area (Å²) in [5.41, 5.74) is 3.17. The van der Waals surface area contributed by atoms with E-state index in [0.717, 1.165) is 25.6 Å². The molecule has 0 atom stereocenters. The van der Waals surface area contributed by atoms with Crippen LogP contribution in [0.4, 0.5) is 0 Å². The van der Waals surface area contributed by atoms with Crippen LogP contribution < -0.4 is 15.0 Å². The maximum Gasteiger partial charge on any atom is 0.282 e. The summed E-state index contributed by atoms with van der Waals surface area (Å²) >= 11 is 6.90. The average Bonchev–Trinajstić information content (AvgIpc) is 2.89. The number of halogens is 2. The van der Waals surface area contributed by atoms with E-state index in [0.29, 0.717) is 54.3 Å². The van der Waals surface area contributed by atoms with Gasteiger partial charge in [-0.25, -0.2) is 4.98 Å². The summed E-state index contributed by atoms with van der Waals surface area (Å²) in [6.45, 7) is 8.66. The standard InChI is InChI=1S/C29H27Br2N3O3/c1-4-7-21-14-20(15-26(36-6-3)28(21)37-18-19-8-10-22(30)11-9-19)17-32-34-27(5-2)33-25-13-12-23(31)16-24(25)29(34)35/h4,8-17H,1,5-7,18H2,2-3H3. The van der Waals surface area contributed by atoms with Crippen LogP contribution in [0.25, 0.3) is 10.9 Å². The number of fused-ring (bicyclic) bond motifs is 1. The number of aryl methyl sites for hydroxylation is 1. The minimum atomic E-state index is -0.217. The Bertz CT molecular complexity index is 1510. The SMILES string of the molecule is C=CCc1cc(C=Nn2c(CC)nc3ccc(Br)cc3c2=O)cc(OCC)c1OCc1ccc(Br)cc1. The van der Waals surface area contributed by atoms with Crippen LogP contribution in [-0.4, -0.2) is 22.5 Å². The first-order chi connectivity index (χ1) is 17.9. The third-order valence-electron chi connectivity index (χ3n) is 5.63. The fourth-order valence-electron chi connectivity index (χ4n) is 3.89. The topological polar surface area (TPSA) is 65.7 Å². The van der Waals surface area contributed by atoms with E-state index in [9.17, 15) is 4.79 Å². The van der Waals surface area contributed by atoms with Crippen molar-refractivity contribution in [1.82, 2.24) is 9.66 Å². The van der Waals surface area contributed by atoms with Crippen molar-refractivity contribution in [3.05, 3.63) is 109 Å². The number of rotatable bonds is 10. The zero-order chi connectivity index (χ0) is 26.4. The zero-order valence-corrected chi connectivity index (χ0v) is 23.9. The van der Waals surface area contributed by atoms with Crippen molar-refractivity contribution in [1.29, 1.82) is 0 Å². The molecule has 0 N–H and O–H groups in total. The van der Waals surface area contributed by atoms with Gasteiger partial charge in [0, 0.05) is 20.9 Å². The molecule has 0 aliphatic carbocycles. The van der Waals surface area contributed by atoms with Crippen LogP contribution in [-0.2, 0) is 19.4 Å². The molecule has 190 valence electrons. The fourth-order valence-corrected chi connectivity index (χ4v) is 4.52. The Morgan fingerprint density at radius 3 is 2.49 bits per heavy atom. The first-order valence-electron chi connectivity index (χ1n) is 12.0. The largest absolute Gasteiger partial charge is 0.490 e. The Balaban J connectivity index is 1.73. The van der Waals surface area contributed by atoms with Crippen molar-refractivity contribution in [3.8, 4) is 11.5 Å². The highest BCUT2D eigenvalue weighted by Gasteiger charge is 2.14. The molecule has 0 radical (unpaired) electrons. The molecule has 0 fully saturated rings. The van der Waals surface area contributed by atoms with Gasteiger partial charge in [-0.3, -0.25) is 4.79 Å². The molecule has 4 aromatic rings. The summed E-state index contributed by atoms with van der Waals surface area (Å²) in [6, 6.07) is 17.3. The summed E-state index contributed by atoms with van der Waals surface area (Å²) in [6.07, 6.45) is 4.62. The second kappa shape index (κ2) is 12.3. The molecular formula is C29H27Br2N3O3. The van der Waals surface area contributed by atoms with Crippen LogP contribution in [0.5, 0.6) is 11.5 Å². The van der Waals surface area contributed by atoms with Gasteiger partial charge in [-0.1, -0.05) is 57.0 Å². The molecule has 6 nitrogen and oxygen atoms in total. The van der Waals surface area contributed by atoms with E-state index < -0.39 is 0 Å². The van der Waals surface area contributed by atoms with Gasteiger partial charge in [0.2, 0.25) is 0 Å². The van der Waals surface area contributed by atoms with Gasteiger partial charge < -0.3 is 9.47 Å². The van der Waals surface area contributed by atoms with E-state index in [1.165, 1.54) is 4.68 Å². The molecule has 0 unspecified atom stereocenters. The molecule has 0 bridgehead atoms. The Morgan fingerprint density at radius 2 is 1.78 bits per heavy atom. The Morgan fingerprint density at radius 1 is 1.03 bits per heavy atom. The predicted molar refractivity (Wildman–Crippen MR) is 156 cm³/mol. The lowest BCUT2D eigenvalue weighted by atomic mass is 10.1. The van der Waals surface area contributed by atoms with E-state index >= 15 is 0 Å². The first-order valence-corrected chi connectivity index (χ1v) is 13.6. The molecule has 0 spiro atoms. The summed E-state index contributed by atoms with van der Waals surface area (Å²) in [5.74, 6) is 1.87. The number of hydrogen-bond acceptors (Lipinski definition) is 5. The average molecular weight is 625 g/mol. The molecule has 0 saturated carbocycles. The van der Waals surface area contributed by atoms with Crippen LogP contribution in [0.1, 0.15) is 36.4 Å². The van der Waals surface area contributed by atoms with E-state index in [-0.39, 0.29) is 5.56 Å². The number of benzene rings is 3. The lowest BCUT2D eigenvalue weighted by molar-refractivity contribution is 0.267. The molecule has 1 aromatic heterocycles. The normalized spacial score (nSPS) is 11.2. The number of allylic oxidation sites excluding steroid dienone is 1. The minimum Gasteiger partial charge on any atom is -0.490 e. The molecular weight excluding hydrogens is 598 g/mol. The van der Waals surface area contributed by atoms with Crippen LogP contribution in [0.15, 0.2) is 86.1 Å². The summed E-state index contributed by atoms with van der Waals surface area (Å²) in [5, 5.41) is 5.04. The third kappa shape index (κ3) is 6.37. The van der Waals surface area contributed by atoms with Gasteiger partial charge in [0.25, 0.3) is 5.56 Å². The molecule has 0 saturated heterocycles. The number of nitrogens with zero attached hydrogens (tertiary/aromatic N) is 3. The van der Waals surface area contributed by atoms with E-state index in [1.807, 2.05) is 68.5 Å². The van der Waals surface area contributed by atoms with Crippen LogP contribution in [0.2, 0.25) is 0 Å². The van der Waals surface area contributed by atoms with Crippen molar-refractivity contribution in [2.45, 2.75) is 33.3 Å². The van der Waals surface area contributed by atoms with Crippen LogP contribution in [0, 0.1) is 0 Å². The lowest BCUT2D eigenvalue weighted by Gasteiger charge is -2.17. The second-order valence-electron chi connectivity index (χ2n) is 8.25. The number of hydrogen-bond donors (Lipinski definition) is 0. The van der Waals surface area contributed by atoms with Crippen LogP contribution in [0.3, 0.4) is 0 Å². The summed E-state index contributed by atoms with van der Waals surface area (Å²) in [4.78, 5) is 17.9. The smallest absolute Gasteiger partial charge is 0.282 e. The third-order valence-corrected chi connectivity index (χ3v) is 6.65. The molecule has 3 aromatic carbocycles. The Labute approximate surface area is 232 Å². The Kier molecular flexibility index (Phi) is 8.95. The van der Waals surface area contributed by atoms with Gasteiger partial charge in [0.15, 0.2) is 11.5 Å². The highest BCUT2D eigenvalue weighted by Crippen LogP contribution is 2.34. The monoisotopic (exact) mass is 623 g/mol. The minimum absolute atomic E-state index is 0.217. The number of ether oxygens (including phenoxy) is 2. The molecule has 0 aliphatic heterocycles. The van der Waals surface area contributed by atoms with Gasteiger partial charge in [0.05, 0.1) is 23.7 Å². The molecule has 1 heterocycles. The zero-order valence-electron chi connectivity index (χ0n) is 20.7. The molecule has 37 heavy (non-hydrogen) atoms. The fraction of sp³-hybridized carbons (Fsp3) is 0.207. The van der Waals surface area contributed by atoms with E-state index in [2.05, 4.69) is 48.5 Å². The summed E-state index contributed by atoms with van der Waals surface area (Å²) < 4.78 is 15.4. The van der Waals surface area contributed by atoms with Crippen molar-refractivity contribution in [3.63, 3.8) is 0 Å². The van der Waals surface area contributed by atoms with Gasteiger partial charge >= 0.3 is 0 Å².